The van der Waals surface area contributed by atoms with E-state index in [0.29, 0.717) is 5.92 Å². The van der Waals surface area contributed by atoms with Gasteiger partial charge in [-0.05, 0) is 23.6 Å². The van der Waals surface area contributed by atoms with Crippen molar-refractivity contribution in [1.29, 1.82) is 5.26 Å². The maximum atomic E-state index is 13.1. The van der Waals surface area contributed by atoms with Gasteiger partial charge in [-0.25, -0.2) is 4.39 Å². The van der Waals surface area contributed by atoms with E-state index in [9.17, 15) is 4.39 Å². The molecule has 0 spiro atoms. The minimum atomic E-state index is -0.488. The summed E-state index contributed by atoms with van der Waals surface area (Å²) >= 11 is 0. The minimum absolute atomic E-state index is 0.0613. The second-order valence-corrected chi connectivity index (χ2v) is 3.76. The van der Waals surface area contributed by atoms with Crippen LogP contribution in [0.4, 0.5) is 4.39 Å². The van der Waals surface area contributed by atoms with Gasteiger partial charge in [-0.3, -0.25) is 0 Å². The van der Waals surface area contributed by atoms with E-state index in [1.807, 2.05) is 13.0 Å². The molecule has 1 rings (SSSR count). The molecule has 80 valence electrons. The highest BCUT2D eigenvalue weighted by atomic mass is 19.1. The summed E-state index contributed by atoms with van der Waals surface area (Å²) in [6, 6.07) is 6.16. The summed E-state index contributed by atoms with van der Waals surface area (Å²) in [4.78, 5) is 0. The molecular weight excluding hydrogens is 191 g/mol. The van der Waals surface area contributed by atoms with Crippen molar-refractivity contribution < 1.29 is 4.39 Å². The predicted molar refractivity (Wildman–Crippen MR) is 57.5 cm³/mol. The van der Waals surface area contributed by atoms with Crippen LogP contribution in [0.1, 0.15) is 37.4 Å². The molecule has 2 atom stereocenters. The third-order valence-electron chi connectivity index (χ3n) is 2.75. The van der Waals surface area contributed by atoms with E-state index in [-0.39, 0.29) is 11.6 Å². The van der Waals surface area contributed by atoms with Crippen LogP contribution in [-0.2, 0) is 0 Å². The van der Waals surface area contributed by atoms with Crippen molar-refractivity contribution >= 4 is 0 Å². The molecule has 1 aromatic carbocycles. The molecule has 2 N–H and O–H groups in total. The van der Waals surface area contributed by atoms with Gasteiger partial charge in [-0.2, -0.15) is 5.26 Å². The predicted octanol–water partition coefficient (Wildman–Crippen LogP) is 2.74. The Morgan fingerprint density at radius 2 is 2.20 bits per heavy atom. The number of hydrogen-bond acceptors (Lipinski definition) is 2. The number of nitriles is 1. The smallest absolute Gasteiger partial charge is 0.140 e. The molecule has 0 saturated heterocycles. The van der Waals surface area contributed by atoms with E-state index in [1.54, 1.807) is 6.07 Å². The molecule has 0 aliphatic heterocycles. The lowest BCUT2D eigenvalue weighted by atomic mass is 9.92. The standard InChI is InChI=1S/C12H15FN2/c1-3-8(2)12(15)9-4-5-11(13)10(6-9)7-14/h4-6,8,12H,3,15H2,1-2H3/t8?,12-/m1/s1. The van der Waals surface area contributed by atoms with Crippen LogP contribution in [0.25, 0.3) is 0 Å². The highest BCUT2D eigenvalue weighted by molar-refractivity contribution is 5.35. The lowest BCUT2D eigenvalue weighted by Crippen LogP contribution is -2.18. The second kappa shape index (κ2) is 4.90. The first-order valence-electron chi connectivity index (χ1n) is 5.05. The second-order valence-electron chi connectivity index (χ2n) is 3.76. The first-order chi connectivity index (χ1) is 7.10. The van der Waals surface area contributed by atoms with Crippen molar-refractivity contribution in [3.8, 4) is 6.07 Å². The molecular formula is C12H15FN2. The summed E-state index contributed by atoms with van der Waals surface area (Å²) in [6.07, 6.45) is 0.959. The van der Waals surface area contributed by atoms with Crippen LogP contribution in [-0.4, -0.2) is 0 Å². The molecule has 1 aromatic rings. The van der Waals surface area contributed by atoms with Crippen LogP contribution in [0.3, 0.4) is 0 Å². The van der Waals surface area contributed by atoms with Crippen molar-refractivity contribution in [1.82, 2.24) is 0 Å². The molecule has 0 aliphatic carbocycles. The Morgan fingerprint density at radius 1 is 1.53 bits per heavy atom. The summed E-state index contributed by atoms with van der Waals surface area (Å²) in [5.74, 6) is -0.167. The van der Waals surface area contributed by atoms with Crippen LogP contribution in [0.5, 0.6) is 0 Å². The Morgan fingerprint density at radius 3 is 2.73 bits per heavy atom. The highest BCUT2D eigenvalue weighted by Crippen LogP contribution is 2.23. The van der Waals surface area contributed by atoms with Gasteiger partial charge in [0.2, 0.25) is 0 Å². The Labute approximate surface area is 89.5 Å². The van der Waals surface area contributed by atoms with Gasteiger partial charge in [0, 0.05) is 6.04 Å². The van der Waals surface area contributed by atoms with Gasteiger partial charge < -0.3 is 5.73 Å². The van der Waals surface area contributed by atoms with Crippen LogP contribution in [0.15, 0.2) is 18.2 Å². The third-order valence-corrected chi connectivity index (χ3v) is 2.75. The molecule has 0 fully saturated rings. The zero-order valence-electron chi connectivity index (χ0n) is 9.00. The summed E-state index contributed by atoms with van der Waals surface area (Å²) in [7, 11) is 0. The van der Waals surface area contributed by atoms with Crippen LogP contribution >= 0.6 is 0 Å². The van der Waals surface area contributed by atoms with Gasteiger partial charge in [-0.15, -0.1) is 0 Å². The van der Waals surface area contributed by atoms with Gasteiger partial charge in [0.15, 0.2) is 0 Å². The maximum Gasteiger partial charge on any atom is 0.140 e. The fraction of sp³-hybridized carbons (Fsp3) is 0.417. The molecule has 0 heterocycles. The number of nitrogens with zero attached hydrogens (tertiary/aromatic N) is 1. The average Bonchev–Trinajstić information content (AvgIpc) is 2.27. The Balaban J connectivity index is 3.02. The van der Waals surface area contributed by atoms with Gasteiger partial charge in [-0.1, -0.05) is 26.3 Å². The van der Waals surface area contributed by atoms with Gasteiger partial charge in [0.25, 0.3) is 0 Å². The SMILES string of the molecule is CCC(C)[C@@H](N)c1ccc(F)c(C#N)c1. The van der Waals surface area contributed by atoms with Gasteiger partial charge >= 0.3 is 0 Å². The van der Waals surface area contributed by atoms with Gasteiger partial charge in [0.05, 0.1) is 5.56 Å². The zero-order valence-corrected chi connectivity index (χ0v) is 9.00. The van der Waals surface area contributed by atoms with E-state index in [2.05, 4.69) is 6.92 Å². The van der Waals surface area contributed by atoms with Crippen molar-refractivity contribution in [2.24, 2.45) is 11.7 Å². The number of halogens is 1. The monoisotopic (exact) mass is 206 g/mol. The summed E-state index contributed by atoms with van der Waals surface area (Å²) in [5, 5.41) is 8.69. The summed E-state index contributed by atoms with van der Waals surface area (Å²) < 4.78 is 13.1. The molecule has 2 nitrogen and oxygen atoms in total. The maximum absolute atomic E-state index is 13.1. The van der Waals surface area contributed by atoms with E-state index in [4.69, 9.17) is 11.0 Å². The molecule has 0 amide bonds. The molecule has 0 bridgehead atoms. The molecule has 0 aliphatic rings. The largest absolute Gasteiger partial charge is 0.324 e. The fourth-order valence-corrected chi connectivity index (χ4v) is 1.42. The van der Waals surface area contributed by atoms with Crippen molar-refractivity contribution in [3.05, 3.63) is 35.1 Å². The lowest BCUT2D eigenvalue weighted by molar-refractivity contribution is 0.456. The zero-order chi connectivity index (χ0) is 11.4. The summed E-state index contributed by atoms with van der Waals surface area (Å²) in [5.41, 5.74) is 6.87. The molecule has 3 heteroatoms. The Hall–Kier alpha value is -1.40. The normalized spacial score (nSPS) is 14.3. The van der Waals surface area contributed by atoms with Crippen LogP contribution < -0.4 is 5.73 Å². The van der Waals surface area contributed by atoms with E-state index < -0.39 is 5.82 Å². The van der Waals surface area contributed by atoms with Crippen molar-refractivity contribution in [2.45, 2.75) is 26.3 Å². The number of hydrogen-bond donors (Lipinski definition) is 1. The third kappa shape index (κ3) is 2.54. The molecule has 0 saturated carbocycles. The minimum Gasteiger partial charge on any atom is -0.324 e. The van der Waals surface area contributed by atoms with Crippen molar-refractivity contribution in [2.75, 3.05) is 0 Å². The molecule has 15 heavy (non-hydrogen) atoms. The molecule has 0 aromatic heterocycles. The number of rotatable bonds is 3. The summed E-state index contributed by atoms with van der Waals surface area (Å²) in [6.45, 7) is 4.10. The Kier molecular flexibility index (Phi) is 3.81. The Bertz CT molecular complexity index is 382. The van der Waals surface area contributed by atoms with E-state index in [1.165, 1.54) is 12.1 Å². The number of benzene rings is 1. The van der Waals surface area contributed by atoms with Crippen molar-refractivity contribution in [3.63, 3.8) is 0 Å². The molecule has 0 radical (unpaired) electrons. The van der Waals surface area contributed by atoms with Crippen LogP contribution in [0, 0.1) is 23.1 Å². The quantitative estimate of drug-likeness (QED) is 0.826. The van der Waals surface area contributed by atoms with Gasteiger partial charge in [0.1, 0.15) is 11.9 Å². The van der Waals surface area contributed by atoms with E-state index in [0.717, 1.165) is 12.0 Å². The molecule has 1 unspecified atom stereocenters. The van der Waals surface area contributed by atoms with E-state index >= 15 is 0 Å². The van der Waals surface area contributed by atoms with Crippen LogP contribution in [0.2, 0.25) is 0 Å². The highest BCUT2D eigenvalue weighted by Gasteiger charge is 2.14. The lowest BCUT2D eigenvalue weighted by Gasteiger charge is -2.18. The fourth-order valence-electron chi connectivity index (χ4n) is 1.42. The first-order valence-corrected chi connectivity index (χ1v) is 5.05. The number of nitrogens with two attached hydrogens (primary N) is 1. The average molecular weight is 206 g/mol. The first kappa shape index (κ1) is 11.7. The topological polar surface area (TPSA) is 49.8 Å².